The van der Waals surface area contributed by atoms with Crippen LogP contribution in [0.5, 0.6) is 0 Å². The number of carbonyl (C=O) groups excluding carboxylic acids is 1. The van der Waals surface area contributed by atoms with Crippen molar-refractivity contribution in [1.82, 2.24) is 5.32 Å². The van der Waals surface area contributed by atoms with Crippen LogP contribution in [-0.4, -0.2) is 24.7 Å². The van der Waals surface area contributed by atoms with Crippen molar-refractivity contribution in [2.75, 3.05) is 6.54 Å². The van der Waals surface area contributed by atoms with Crippen LogP contribution in [0.15, 0.2) is 12.2 Å². The molecular formula is C15H25NO2. The molecule has 0 aromatic rings. The van der Waals surface area contributed by atoms with Gasteiger partial charge in [-0.1, -0.05) is 12.2 Å². The number of amides is 1. The Morgan fingerprint density at radius 2 is 2.00 bits per heavy atom. The monoisotopic (exact) mass is 251 g/mol. The Hall–Kier alpha value is -0.830. The van der Waals surface area contributed by atoms with Crippen LogP contribution in [0.1, 0.15) is 46.0 Å². The van der Waals surface area contributed by atoms with Crippen molar-refractivity contribution in [1.29, 1.82) is 0 Å². The van der Waals surface area contributed by atoms with E-state index in [-0.39, 0.29) is 11.8 Å². The Morgan fingerprint density at radius 1 is 1.28 bits per heavy atom. The lowest BCUT2D eigenvalue weighted by molar-refractivity contribution is -0.126. The largest absolute Gasteiger partial charge is 0.376 e. The first-order valence-electron chi connectivity index (χ1n) is 7.23. The fourth-order valence-electron chi connectivity index (χ4n) is 3.13. The average molecular weight is 251 g/mol. The first-order valence-corrected chi connectivity index (χ1v) is 7.23. The quantitative estimate of drug-likeness (QED) is 0.783. The van der Waals surface area contributed by atoms with Gasteiger partial charge in [0, 0.05) is 12.5 Å². The normalized spacial score (nSPS) is 36.3. The van der Waals surface area contributed by atoms with Gasteiger partial charge in [-0.2, -0.15) is 0 Å². The minimum absolute atomic E-state index is 0.199. The minimum atomic E-state index is 0.199. The molecule has 3 unspecified atom stereocenters. The first-order chi connectivity index (χ1) is 8.65. The maximum Gasteiger partial charge on any atom is 0.223 e. The van der Waals surface area contributed by atoms with E-state index in [2.05, 4.69) is 31.3 Å². The zero-order chi connectivity index (χ0) is 13.0. The van der Waals surface area contributed by atoms with Gasteiger partial charge in [0.25, 0.3) is 0 Å². The molecule has 18 heavy (non-hydrogen) atoms. The van der Waals surface area contributed by atoms with E-state index in [1.165, 1.54) is 0 Å². The van der Waals surface area contributed by atoms with E-state index >= 15 is 0 Å². The molecule has 1 aliphatic carbocycles. The Labute approximate surface area is 110 Å². The molecule has 1 fully saturated rings. The lowest BCUT2D eigenvalue weighted by atomic mass is 9.91. The van der Waals surface area contributed by atoms with Crippen molar-refractivity contribution in [3.8, 4) is 0 Å². The highest BCUT2D eigenvalue weighted by Gasteiger charge is 2.25. The zero-order valence-electron chi connectivity index (χ0n) is 11.5. The van der Waals surface area contributed by atoms with Gasteiger partial charge in [-0.3, -0.25) is 4.79 Å². The third-order valence-electron chi connectivity index (χ3n) is 4.00. The van der Waals surface area contributed by atoms with Crippen LogP contribution in [-0.2, 0) is 9.53 Å². The summed E-state index contributed by atoms with van der Waals surface area (Å²) in [7, 11) is 0. The predicted molar refractivity (Wildman–Crippen MR) is 72.2 cm³/mol. The molecule has 0 bridgehead atoms. The van der Waals surface area contributed by atoms with Crippen molar-refractivity contribution in [3.63, 3.8) is 0 Å². The number of hydrogen-bond acceptors (Lipinski definition) is 2. The molecule has 1 saturated heterocycles. The minimum Gasteiger partial charge on any atom is -0.376 e. The zero-order valence-corrected chi connectivity index (χ0v) is 11.5. The summed E-state index contributed by atoms with van der Waals surface area (Å²) in [4.78, 5) is 12.0. The number of ether oxygens (including phenoxy) is 1. The molecule has 3 atom stereocenters. The lowest BCUT2D eigenvalue weighted by Crippen LogP contribution is -2.39. The third kappa shape index (κ3) is 3.84. The second-order valence-electron chi connectivity index (χ2n) is 5.82. The Kier molecular flexibility index (Phi) is 4.81. The molecule has 0 radical (unpaired) electrons. The van der Waals surface area contributed by atoms with Crippen LogP contribution < -0.4 is 5.32 Å². The smallest absolute Gasteiger partial charge is 0.223 e. The molecule has 0 aromatic heterocycles. The van der Waals surface area contributed by atoms with Crippen molar-refractivity contribution in [2.24, 2.45) is 11.8 Å². The van der Waals surface area contributed by atoms with Crippen LogP contribution in [0.4, 0.5) is 0 Å². The number of nitrogens with one attached hydrogen (secondary N) is 1. The van der Waals surface area contributed by atoms with Gasteiger partial charge in [0.1, 0.15) is 0 Å². The number of allylic oxidation sites excluding steroid dienone is 2. The van der Waals surface area contributed by atoms with E-state index < -0.39 is 0 Å². The number of hydrogen-bond donors (Lipinski definition) is 1. The standard InChI is InChI=1S/C15H25NO2/c1-11-8-13(9-12(2)18-11)10-16-15(17)14-6-4-3-5-7-14/h3-4,11-14H,5-10H2,1-2H3,(H,16,17). The molecule has 1 aliphatic heterocycles. The molecule has 2 rings (SSSR count). The van der Waals surface area contributed by atoms with Crippen molar-refractivity contribution in [3.05, 3.63) is 12.2 Å². The molecule has 0 spiro atoms. The van der Waals surface area contributed by atoms with Gasteiger partial charge in [0.05, 0.1) is 12.2 Å². The van der Waals surface area contributed by atoms with Crippen LogP contribution in [0.25, 0.3) is 0 Å². The maximum absolute atomic E-state index is 12.0. The van der Waals surface area contributed by atoms with Crippen LogP contribution in [0.3, 0.4) is 0 Å². The van der Waals surface area contributed by atoms with E-state index in [1.807, 2.05) is 0 Å². The van der Waals surface area contributed by atoms with Gasteiger partial charge in [0.15, 0.2) is 0 Å². The predicted octanol–water partition coefficient (Wildman–Crippen LogP) is 2.66. The molecule has 1 heterocycles. The lowest BCUT2D eigenvalue weighted by Gasteiger charge is -2.32. The number of rotatable bonds is 3. The molecule has 0 aromatic carbocycles. The molecular weight excluding hydrogens is 226 g/mol. The van der Waals surface area contributed by atoms with E-state index in [0.29, 0.717) is 18.1 Å². The molecule has 0 saturated carbocycles. The van der Waals surface area contributed by atoms with Crippen molar-refractivity contribution >= 4 is 5.91 Å². The summed E-state index contributed by atoms with van der Waals surface area (Å²) in [6.45, 7) is 5.06. The van der Waals surface area contributed by atoms with Gasteiger partial charge in [-0.25, -0.2) is 0 Å². The third-order valence-corrected chi connectivity index (χ3v) is 4.00. The Morgan fingerprint density at radius 3 is 2.61 bits per heavy atom. The van der Waals surface area contributed by atoms with Gasteiger partial charge < -0.3 is 10.1 Å². The summed E-state index contributed by atoms with van der Waals surface area (Å²) in [5, 5.41) is 3.13. The summed E-state index contributed by atoms with van der Waals surface area (Å²) in [6, 6.07) is 0. The maximum atomic E-state index is 12.0. The molecule has 3 heteroatoms. The highest BCUT2D eigenvalue weighted by molar-refractivity contribution is 5.78. The molecule has 1 amide bonds. The van der Waals surface area contributed by atoms with Crippen molar-refractivity contribution < 1.29 is 9.53 Å². The van der Waals surface area contributed by atoms with Gasteiger partial charge >= 0.3 is 0 Å². The Balaban J connectivity index is 1.73. The van der Waals surface area contributed by atoms with Gasteiger partial charge in [-0.05, 0) is 51.9 Å². The summed E-state index contributed by atoms with van der Waals surface area (Å²) < 4.78 is 5.72. The van der Waals surface area contributed by atoms with Gasteiger partial charge in [-0.15, -0.1) is 0 Å². The van der Waals surface area contributed by atoms with E-state index in [4.69, 9.17) is 4.74 Å². The van der Waals surface area contributed by atoms with Crippen LogP contribution >= 0.6 is 0 Å². The van der Waals surface area contributed by atoms with E-state index in [9.17, 15) is 4.79 Å². The number of carbonyl (C=O) groups is 1. The molecule has 3 nitrogen and oxygen atoms in total. The highest BCUT2D eigenvalue weighted by atomic mass is 16.5. The van der Waals surface area contributed by atoms with Crippen LogP contribution in [0, 0.1) is 11.8 Å². The average Bonchev–Trinajstić information content (AvgIpc) is 2.36. The van der Waals surface area contributed by atoms with Crippen molar-refractivity contribution in [2.45, 2.75) is 58.2 Å². The summed E-state index contributed by atoms with van der Waals surface area (Å²) in [5.74, 6) is 1.02. The van der Waals surface area contributed by atoms with E-state index in [0.717, 1.165) is 38.6 Å². The second kappa shape index (κ2) is 6.37. The molecule has 1 N–H and O–H groups in total. The summed E-state index contributed by atoms with van der Waals surface area (Å²) in [6.07, 6.45) is 10.0. The topological polar surface area (TPSA) is 38.3 Å². The molecule has 102 valence electrons. The van der Waals surface area contributed by atoms with E-state index in [1.54, 1.807) is 0 Å². The second-order valence-corrected chi connectivity index (χ2v) is 5.82. The summed E-state index contributed by atoms with van der Waals surface area (Å²) >= 11 is 0. The first kappa shape index (κ1) is 13.6. The van der Waals surface area contributed by atoms with Crippen LogP contribution in [0.2, 0.25) is 0 Å². The Bertz CT molecular complexity index is 304. The fourth-order valence-corrected chi connectivity index (χ4v) is 3.13. The molecule has 2 aliphatic rings. The summed E-state index contributed by atoms with van der Waals surface area (Å²) in [5.41, 5.74) is 0. The van der Waals surface area contributed by atoms with Gasteiger partial charge in [0.2, 0.25) is 5.91 Å². The highest BCUT2D eigenvalue weighted by Crippen LogP contribution is 2.24. The SMILES string of the molecule is CC1CC(CNC(=O)C2CC=CCC2)CC(C)O1. The fraction of sp³-hybridized carbons (Fsp3) is 0.800.